The lowest BCUT2D eigenvalue weighted by atomic mass is 10.0. The van der Waals surface area contributed by atoms with Crippen LogP contribution in [0.15, 0.2) is 48.6 Å². The zero-order chi connectivity index (χ0) is 44.8. The van der Waals surface area contributed by atoms with Gasteiger partial charge in [0.1, 0.15) is 12.7 Å². The van der Waals surface area contributed by atoms with Crippen LogP contribution >= 0.6 is 7.82 Å². The molecule has 0 aromatic heterocycles. The van der Waals surface area contributed by atoms with E-state index in [9.17, 15) is 24.2 Å². The number of hydrogen-bond donors (Lipinski definition) is 3. The molecule has 10 nitrogen and oxygen atoms in total. The monoisotopic (exact) mass is 883 g/mol. The number of aliphatic hydroxyl groups excluding tert-OH is 2. The molecule has 0 saturated carbocycles. The lowest BCUT2D eigenvalue weighted by molar-refractivity contribution is -0.161. The van der Waals surface area contributed by atoms with Crippen molar-refractivity contribution in [1.29, 1.82) is 0 Å². The van der Waals surface area contributed by atoms with Crippen LogP contribution in [-0.4, -0.2) is 65.7 Å². The molecule has 0 spiro atoms. The van der Waals surface area contributed by atoms with Gasteiger partial charge in [0, 0.05) is 12.8 Å². The van der Waals surface area contributed by atoms with E-state index in [0.29, 0.717) is 12.8 Å². The van der Waals surface area contributed by atoms with Gasteiger partial charge in [-0.3, -0.25) is 18.6 Å². The number of rotatable bonds is 46. The van der Waals surface area contributed by atoms with Gasteiger partial charge in [-0.1, -0.05) is 223 Å². The van der Waals surface area contributed by atoms with Crippen LogP contribution in [-0.2, 0) is 32.7 Å². The van der Waals surface area contributed by atoms with Gasteiger partial charge in [-0.2, -0.15) is 0 Å². The highest BCUT2D eigenvalue weighted by atomic mass is 31.2. The molecule has 0 fully saturated rings. The van der Waals surface area contributed by atoms with Gasteiger partial charge < -0.3 is 24.6 Å². The Morgan fingerprint density at radius 2 is 0.902 bits per heavy atom. The largest absolute Gasteiger partial charge is 0.472 e. The number of phosphoric ester groups is 1. The maximum atomic E-state index is 12.7. The SMILES string of the molecule is CC/C=C/C=C/C=C/C=C/CCCCCCCC(=O)OC[C@H](COP(=O)(O)OC[C@@H](O)CO)OC(=O)CCCCCCCCCCCCCCCCCCCCCCCCC. The highest BCUT2D eigenvalue weighted by molar-refractivity contribution is 7.47. The van der Waals surface area contributed by atoms with Crippen LogP contribution in [0.3, 0.4) is 0 Å². The summed E-state index contributed by atoms with van der Waals surface area (Å²) >= 11 is 0. The molecule has 0 rings (SSSR count). The summed E-state index contributed by atoms with van der Waals surface area (Å²) in [7, 11) is -4.63. The number of ether oxygens (including phenoxy) is 2. The Labute approximate surface area is 373 Å². The number of carbonyl (C=O) groups excluding carboxylic acids is 2. The number of phosphoric acid groups is 1. The van der Waals surface area contributed by atoms with Crippen molar-refractivity contribution in [2.24, 2.45) is 0 Å². The fourth-order valence-corrected chi connectivity index (χ4v) is 7.62. The van der Waals surface area contributed by atoms with Crippen molar-refractivity contribution in [3.05, 3.63) is 48.6 Å². The molecule has 0 radical (unpaired) electrons. The second-order valence-electron chi connectivity index (χ2n) is 16.6. The summed E-state index contributed by atoms with van der Waals surface area (Å²) in [6.45, 7) is 2.25. The third-order valence-corrected chi connectivity index (χ3v) is 11.5. The molecule has 0 aliphatic rings. The van der Waals surface area contributed by atoms with Crippen molar-refractivity contribution in [2.45, 2.75) is 232 Å². The smallest absolute Gasteiger partial charge is 0.462 e. The van der Waals surface area contributed by atoms with Gasteiger partial charge in [-0.05, 0) is 32.1 Å². The second-order valence-corrected chi connectivity index (χ2v) is 18.0. The van der Waals surface area contributed by atoms with E-state index in [0.717, 1.165) is 57.8 Å². The van der Waals surface area contributed by atoms with Crippen LogP contribution in [0.25, 0.3) is 0 Å². The highest BCUT2D eigenvalue weighted by Gasteiger charge is 2.27. The van der Waals surface area contributed by atoms with E-state index in [4.69, 9.17) is 23.6 Å². The molecule has 3 N–H and O–H groups in total. The van der Waals surface area contributed by atoms with Gasteiger partial charge in [0.25, 0.3) is 0 Å². The summed E-state index contributed by atoms with van der Waals surface area (Å²) in [4.78, 5) is 35.1. The Morgan fingerprint density at radius 1 is 0.508 bits per heavy atom. The standard InChI is InChI=1S/C50H91O10P/c1-3-5-7-9-11-13-15-17-19-20-21-22-23-24-25-26-28-30-32-34-36-38-40-42-50(54)60-48(46-59-61(55,56)58-44-47(52)43-51)45-57-49(53)41-39-37-35-33-31-29-27-18-16-14-12-10-8-6-4-2/h6,8,10,12,14,16,18,27,47-48,51-52H,3-5,7,9,11,13,15,17,19-26,28-46H2,1-2H3,(H,55,56)/b8-6+,12-10+,16-14+,27-18+/t47-,48+/m0/s1. The third kappa shape index (κ3) is 45.8. The molecule has 0 aliphatic carbocycles. The Balaban J connectivity index is 4.17. The van der Waals surface area contributed by atoms with Crippen LogP contribution in [0.1, 0.15) is 219 Å². The van der Waals surface area contributed by atoms with E-state index in [1.54, 1.807) is 0 Å². The quantitative estimate of drug-likeness (QED) is 0.0233. The Kier molecular flexibility index (Phi) is 44.4. The summed E-state index contributed by atoms with van der Waals surface area (Å²) in [6.07, 6.45) is 50.9. The van der Waals surface area contributed by atoms with Crippen LogP contribution in [0.5, 0.6) is 0 Å². The first-order chi connectivity index (χ1) is 29.7. The number of carbonyl (C=O) groups is 2. The minimum atomic E-state index is -4.63. The maximum Gasteiger partial charge on any atom is 0.472 e. The maximum absolute atomic E-state index is 12.7. The molecule has 356 valence electrons. The number of esters is 2. The van der Waals surface area contributed by atoms with Crippen LogP contribution in [0.4, 0.5) is 0 Å². The summed E-state index contributed by atoms with van der Waals surface area (Å²) < 4.78 is 32.8. The number of hydrogen-bond acceptors (Lipinski definition) is 9. The van der Waals surface area contributed by atoms with Gasteiger partial charge in [0.2, 0.25) is 0 Å². The number of aliphatic hydroxyl groups is 2. The molecule has 1 unspecified atom stereocenters. The van der Waals surface area contributed by atoms with Crippen LogP contribution in [0, 0.1) is 0 Å². The van der Waals surface area contributed by atoms with Gasteiger partial charge in [-0.15, -0.1) is 0 Å². The predicted octanol–water partition coefficient (Wildman–Crippen LogP) is 13.7. The molecule has 0 heterocycles. The van der Waals surface area contributed by atoms with Crippen molar-refractivity contribution in [2.75, 3.05) is 26.4 Å². The van der Waals surface area contributed by atoms with Gasteiger partial charge in [0.05, 0.1) is 19.8 Å². The summed E-state index contributed by atoms with van der Waals surface area (Å²) in [6, 6.07) is 0. The van der Waals surface area contributed by atoms with Crippen molar-refractivity contribution < 1.29 is 47.8 Å². The Bertz CT molecular complexity index is 1150. The minimum absolute atomic E-state index is 0.181. The number of allylic oxidation sites excluding steroid dienone is 8. The van der Waals surface area contributed by atoms with Crippen molar-refractivity contribution >= 4 is 19.8 Å². The van der Waals surface area contributed by atoms with E-state index in [2.05, 4.69) is 32.1 Å². The number of unbranched alkanes of at least 4 members (excludes halogenated alkanes) is 27. The topological polar surface area (TPSA) is 149 Å². The van der Waals surface area contributed by atoms with E-state index in [1.807, 2.05) is 30.4 Å². The highest BCUT2D eigenvalue weighted by Crippen LogP contribution is 2.43. The Hall–Kier alpha value is -2.07. The summed E-state index contributed by atoms with van der Waals surface area (Å²) in [5, 5.41) is 18.4. The Morgan fingerprint density at radius 3 is 1.36 bits per heavy atom. The zero-order valence-corrected chi connectivity index (χ0v) is 39.8. The zero-order valence-electron chi connectivity index (χ0n) is 38.9. The third-order valence-electron chi connectivity index (χ3n) is 10.6. The fraction of sp³-hybridized carbons (Fsp3) is 0.800. The van der Waals surface area contributed by atoms with Crippen LogP contribution < -0.4 is 0 Å². The fourth-order valence-electron chi connectivity index (χ4n) is 6.83. The van der Waals surface area contributed by atoms with E-state index in [1.165, 1.54) is 122 Å². The molecular formula is C50H91O10P. The van der Waals surface area contributed by atoms with Crippen LogP contribution in [0.2, 0.25) is 0 Å². The second kappa shape index (κ2) is 45.9. The average molecular weight is 883 g/mol. The normalized spacial score (nSPS) is 14.1. The lowest BCUT2D eigenvalue weighted by Crippen LogP contribution is -2.29. The molecule has 0 amide bonds. The molecule has 0 aromatic rings. The molecule has 3 atom stereocenters. The van der Waals surface area contributed by atoms with Crippen molar-refractivity contribution in [3.63, 3.8) is 0 Å². The first-order valence-electron chi connectivity index (χ1n) is 24.6. The molecule has 0 bridgehead atoms. The molecule has 11 heteroatoms. The molecular weight excluding hydrogens is 792 g/mol. The van der Waals surface area contributed by atoms with E-state index >= 15 is 0 Å². The predicted molar refractivity (Wildman–Crippen MR) is 251 cm³/mol. The summed E-state index contributed by atoms with van der Waals surface area (Å²) in [5.74, 6) is -0.945. The summed E-state index contributed by atoms with van der Waals surface area (Å²) in [5.41, 5.74) is 0. The van der Waals surface area contributed by atoms with Gasteiger partial charge >= 0.3 is 19.8 Å². The van der Waals surface area contributed by atoms with E-state index in [-0.39, 0.29) is 19.4 Å². The first kappa shape index (κ1) is 58.9. The molecule has 0 aromatic carbocycles. The molecule has 0 aliphatic heterocycles. The van der Waals surface area contributed by atoms with Gasteiger partial charge in [-0.25, -0.2) is 4.57 Å². The van der Waals surface area contributed by atoms with Crippen molar-refractivity contribution in [1.82, 2.24) is 0 Å². The molecule has 0 saturated heterocycles. The lowest BCUT2D eigenvalue weighted by Gasteiger charge is -2.20. The van der Waals surface area contributed by atoms with Crippen molar-refractivity contribution in [3.8, 4) is 0 Å². The first-order valence-corrected chi connectivity index (χ1v) is 26.1. The average Bonchev–Trinajstić information content (AvgIpc) is 3.25. The molecule has 61 heavy (non-hydrogen) atoms. The van der Waals surface area contributed by atoms with Gasteiger partial charge in [0.15, 0.2) is 6.10 Å². The minimum Gasteiger partial charge on any atom is -0.462 e. The van der Waals surface area contributed by atoms with E-state index < -0.39 is 51.8 Å².